The highest BCUT2D eigenvalue weighted by Crippen LogP contribution is 2.12. The van der Waals surface area contributed by atoms with Crippen molar-refractivity contribution in [2.24, 2.45) is 0 Å². The molecule has 0 aliphatic rings. The molecule has 0 spiro atoms. The number of aromatic nitrogens is 2. The number of fused-ring (bicyclic) bond motifs is 1. The Morgan fingerprint density at radius 2 is 2.07 bits per heavy atom. The van der Waals surface area contributed by atoms with E-state index in [1.165, 1.54) is 6.20 Å². The first-order valence-electron chi connectivity index (χ1n) is 8.95. The average molecular weight is 372 g/mol. The van der Waals surface area contributed by atoms with Crippen molar-refractivity contribution in [1.82, 2.24) is 14.7 Å². The highest BCUT2D eigenvalue weighted by atomic mass is 16.2. The number of aryl methyl sites for hydroxylation is 1. The van der Waals surface area contributed by atoms with E-state index in [-0.39, 0.29) is 17.8 Å². The molecule has 2 aromatic carbocycles. The molecule has 28 heavy (non-hydrogen) atoms. The number of hydrogen-bond acceptors (Lipinski definition) is 4. The lowest BCUT2D eigenvalue weighted by Crippen LogP contribution is -2.31. The van der Waals surface area contributed by atoms with Crippen LogP contribution in [0.25, 0.3) is 10.9 Å². The maximum absolute atomic E-state index is 12.8. The molecule has 0 bridgehead atoms. The first-order chi connectivity index (χ1) is 13.6. The third kappa shape index (κ3) is 4.33. The van der Waals surface area contributed by atoms with Gasteiger partial charge in [0, 0.05) is 24.9 Å². The van der Waals surface area contributed by atoms with Gasteiger partial charge in [0.1, 0.15) is 0 Å². The van der Waals surface area contributed by atoms with Gasteiger partial charge < -0.3 is 4.90 Å². The minimum Gasteiger partial charge on any atom is -0.335 e. The summed E-state index contributed by atoms with van der Waals surface area (Å²) in [6, 6.07) is 16.5. The Labute approximate surface area is 162 Å². The summed E-state index contributed by atoms with van der Waals surface area (Å²) in [5.41, 5.74) is 2.03. The minimum atomic E-state index is -0.135. The van der Waals surface area contributed by atoms with E-state index in [4.69, 9.17) is 5.26 Å². The molecule has 140 valence electrons. The molecule has 1 aromatic heterocycles. The van der Waals surface area contributed by atoms with Crippen LogP contribution in [0.5, 0.6) is 0 Å². The molecule has 0 fully saturated rings. The fraction of sp³-hybridized carbons (Fsp3) is 0.182. The van der Waals surface area contributed by atoms with Crippen LogP contribution in [0.15, 0.2) is 72.2 Å². The Kier molecular flexibility index (Phi) is 5.97. The van der Waals surface area contributed by atoms with Crippen molar-refractivity contribution in [3.63, 3.8) is 0 Å². The molecule has 3 aromatic rings. The standard InChI is InChI=1S/C22H20N4O2/c1-2-11-25(16-18-7-5-6-17(13-18)14-23)22(28)10-12-26-20-9-4-3-8-19(20)21(27)15-24-26/h2-9,13,15H,1,10-12,16H2. The fourth-order valence-electron chi connectivity index (χ4n) is 3.07. The second kappa shape index (κ2) is 8.78. The van der Waals surface area contributed by atoms with E-state index in [0.29, 0.717) is 36.1 Å². The van der Waals surface area contributed by atoms with E-state index in [0.717, 1.165) is 5.56 Å². The van der Waals surface area contributed by atoms with Gasteiger partial charge in [-0.15, -0.1) is 6.58 Å². The molecular formula is C22H20N4O2. The van der Waals surface area contributed by atoms with E-state index in [1.54, 1.807) is 46.0 Å². The summed E-state index contributed by atoms with van der Waals surface area (Å²) in [7, 11) is 0. The Balaban J connectivity index is 1.74. The predicted octanol–water partition coefficient (Wildman–Crippen LogP) is 2.87. The van der Waals surface area contributed by atoms with Crippen LogP contribution < -0.4 is 5.43 Å². The van der Waals surface area contributed by atoms with Gasteiger partial charge in [-0.05, 0) is 29.8 Å². The van der Waals surface area contributed by atoms with Crippen molar-refractivity contribution in [1.29, 1.82) is 5.26 Å². The maximum Gasteiger partial charge on any atom is 0.225 e. The summed E-state index contributed by atoms with van der Waals surface area (Å²) >= 11 is 0. The summed E-state index contributed by atoms with van der Waals surface area (Å²) in [4.78, 5) is 26.4. The highest BCUT2D eigenvalue weighted by molar-refractivity contribution is 5.79. The number of rotatable bonds is 7. The van der Waals surface area contributed by atoms with Gasteiger partial charge in [0.05, 0.1) is 29.9 Å². The molecule has 3 rings (SSSR count). The van der Waals surface area contributed by atoms with E-state index in [2.05, 4.69) is 17.7 Å². The molecule has 0 saturated carbocycles. The molecule has 0 aliphatic heterocycles. The van der Waals surface area contributed by atoms with E-state index in [9.17, 15) is 9.59 Å². The molecular weight excluding hydrogens is 352 g/mol. The van der Waals surface area contributed by atoms with Crippen LogP contribution in [-0.4, -0.2) is 27.1 Å². The zero-order chi connectivity index (χ0) is 19.9. The highest BCUT2D eigenvalue weighted by Gasteiger charge is 2.14. The number of carbonyl (C=O) groups is 1. The minimum absolute atomic E-state index is 0.0492. The summed E-state index contributed by atoms with van der Waals surface area (Å²) in [5, 5.41) is 13.8. The molecule has 6 nitrogen and oxygen atoms in total. The monoisotopic (exact) mass is 372 g/mol. The molecule has 0 aliphatic carbocycles. The van der Waals surface area contributed by atoms with E-state index < -0.39 is 0 Å². The number of nitrogens with zero attached hydrogens (tertiary/aromatic N) is 4. The molecule has 1 heterocycles. The van der Waals surface area contributed by atoms with Gasteiger partial charge in [0.25, 0.3) is 0 Å². The van der Waals surface area contributed by atoms with Crippen molar-refractivity contribution in [3.05, 3.63) is 88.7 Å². The molecule has 1 amide bonds. The van der Waals surface area contributed by atoms with Gasteiger partial charge >= 0.3 is 0 Å². The maximum atomic E-state index is 12.8. The fourth-order valence-corrected chi connectivity index (χ4v) is 3.07. The summed E-state index contributed by atoms with van der Waals surface area (Å²) in [5.74, 6) is -0.0492. The lowest BCUT2D eigenvalue weighted by atomic mass is 10.1. The number of carbonyl (C=O) groups excluding carboxylic acids is 1. The molecule has 6 heteroatoms. The third-order valence-electron chi connectivity index (χ3n) is 4.43. The Hall–Kier alpha value is -3.72. The molecule has 0 unspecified atom stereocenters. The largest absolute Gasteiger partial charge is 0.335 e. The SMILES string of the molecule is C=CCN(Cc1cccc(C#N)c1)C(=O)CCn1ncc(=O)c2ccccc21. The van der Waals surface area contributed by atoms with Gasteiger partial charge in [-0.2, -0.15) is 10.4 Å². The molecule has 0 N–H and O–H groups in total. The van der Waals surface area contributed by atoms with Gasteiger partial charge in [-0.1, -0.05) is 30.3 Å². The van der Waals surface area contributed by atoms with Gasteiger partial charge in [-0.3, -0.25) is 14.3 Å². The van der Waals surface area contributed by atoms with E-state index >= 15 is 0 Å². The number of amides is 1. The van der Waals surface area contributed by atoms with Crippen molar-refractivity contribution in [2.45, 2.75) is 19.5 Å². The zero-order valence-corrected chi connectivity index (χ0v) is 15.4. The normalized spacial score (nSPS) is 10.4. The van der Waals surface area contributed by atoms with Crippen molar-refractivity contribution in [3.8, 4) is 6.07 Å². The van der Waals surface area contributed by atoms with Gasteiger partial charge in [-0.25, -0.2) is 0 Å². The quantitative estimate of drug-likeness (QED) is 0.598. The third-order valence-corrected chi connectivity index (χ3v) is 4.43. The topological polar surface area (TPSA) is 79.0 Å². The van der Waals surface area contributed by atoms with Crippen LogP contribution in [0.3, 0.4) is 0 Å². The number of benzene rings is 2. The van der Waals surface area contributed by atoms with Crippen LogP contribution >= 0.6 is 0 Å². The second-order valence-corrected chi connectivity index (χ2v) is 6.37. The summed E-state index contributed by atoms with van der Waals surface area (Å²) in [6.45, 7) is 4.91. The van der Waals surface area contributed by atoms with Crippen LogP contribution in [0, 0.1) is 11.3 Å². The van der Waals surface area contributed by atoms with Gasteiger partial charge in [0.15, 0.2) is 0 Å². The smallest absolute Gasteiger partial charge is 0.225 e. The van der Waals surface area contributed by atoms with Crippen molar-refractivity contribution in [2.75, 3.05) is 6.54 Å². The Morgan fingerprint density at radius 3 is 2.86 bits per heavy atom. The summed E-state index contributed by atoms with van der Waals surface area (Å²) in [6.07, 6.45) is 3.20. The number of para-hydroxylation sites is 1. The number of hydrogen-bond donors (Lipinski definition) is 0. The molecule has 0 atom stereocenters. The molecule has 0 radical (unpaired) electrons. The zero-order valence-electron chi connectivity index (χ0n) is 15.4. The van der Waals surface area contributed by atoms with Crippen molar-refractivity contribution < 1.29 is 4.79 Å². The lowest BCUT2D eigenvalue weighted by molar-refractivity contribution is -0.131. The first-order valence-corrected chi connectivity index (χ1v) is 8.95. The Morgan fingerprint density at radius 1 is 1.25 bits per heavy atom. The van der Waals surface area contributed by atoms with Crippen LogP contribution in [0.2, 0.25) is 0 Å². The van der Waals surface area contributed by atoms with Crippen LogP contribution in [0.4, 0.5) is 0 Å². The average Bonchev–Trinajstić information content (AvgIpc) is 2.73. The van der Waals surface area contributed by atoms with E-state index in [1.807, 2.05) is 18.2 Å². The Bertz CT molecular complexity index is 1110. The molecule has 0 saturated heterocycles. The van der Waals surface area contributed by atoms with Crippen LogP contribution in [-0.2, 0) is 17.9 Å². The first kappa shape index (κ1) is 19.1. The lowest BCUT2D eigenvalue weighted by Gasteiger charge is -2.22. The van der Waals surface area contributed by atoms with Crippen LogP contribution in [0.1, 0.15) is 17.5 Å². The predicted molar refractivity (Wildman–Crippen MR) is 107 cm³/mol. The summed E-state index contributed by atoms with van der Waals surface area (Å²) < 4.78 is 1.68. The van der Waals surface area contributed by atoms with Crippen molar-refractivity contribution >= 4 is 16.8 Å². The number of nitriles is 1. The second-order valence-electron chi connectivity index (χ2n) is 6.37. The van der Waals surface area contributed by atoms with Gasteiger partial charge in [0.2, 0.25) is 11.3 Å².